The number of rotatable bonds is 9. The van der Waals surface area contributed by atoms with E-state index in [0.717, 1.165) is 89.4 Å². The first-order valence-corrected chi connectivity index (χ1v) is 18.5. The average molecular weight is 746 g/mol. The van der Waals surface area contributed by atoms with Crippen LogP contribution < -0.4 is 5.32 Å². The van der Waals surface area contributed by atoms with Crippen LogP contribution in [0.3, 0.4) is 0 Å². The molecule has 2 aliphatic rings. The highest BCUT2D eigenvalue weighted by Gasteiger charge is 2.19. The predicted molar refractivity (Wildman–Crippen MR) is 228 cm³/mol. The third-order valence-corrected chi connectivity index (χ3v) is 9.86. The summed E-state index contributed by atoms with van der Waals surface area (Å²) >= 11 is 0. The molecular formula is C48H35N5O4. The van der Waals surface area contributed by atoms with Crippen molar-refractivity contribution < 1.29 is 19.4 Å². The number of nitrogens with zero attached hydrogens (tertiary/aromatic N) is 2. The van der Waals surface area contributed by atoms with Crippen molar-refractivity contribution in [2.24, 2.45) is 0 Å². The summed E-state index contributed by atoms with van der Waals surface area (Å²) in [4.78, 5) is 41.5. The maximum Gasteiger partial charge on any atom is 0.329 e. The Labute approximate surface area is 327 Å². The van der Waals surface area contributed by atoms with Crippen LogP contribution in [0.25, 0.3) is 90.9 Å². The van der Waals surface area contributed by atoms with Crippen LogP contribution in [0, 0.1) is 0 Å². The molecule has 4 aromatic carbocycles. The maximum absolute atomic E-state index is 12.5. The van der Waals surface area contributed by atoms with Crippen LogP contribution in [0.4, 0.5) is 5.69 Å². The second-order valence-corrected chi connectivity index (χ2v) is 13.6. The van der Waals surface area contributed by atoms with Gasteiger partial charge in [0.1, 0.15) is 13.2 Å². The van der Waals surface area contributed by atoms with Gasteiger partial charge in [0, 0.05) is 50.0 Å². The molecule has 9 rings (SSSR count). The highest BCUT2D eigenvalue weighted by Crippen LogP contribution is 2.38. The van der Waals surface area contributed by atoms with Crippen LogP contribution in [0.1, 0.15) is 22.8 Å². The Morgan fingerprint density at radius 2 is 0.825 bits per heavy atom. The van der Waals surface area contributed by atoms with Gasteiger partial charge in [0.2, 0.25) is 5.91 Å². The van der Waals surface area contributed by atoms with E-state index in [0.29, 0.717) is 5.69 Å². The van der Waals surface area contributed by atoms with Gasteiger partial charge in [-0.05, 0) is 83.0 Å². The number of ether oxygens (including phenoxy) is 1. The summed E-state index contributed by atoms with van der Waals surface area (Å²) in [6, 6.07) is 46.7. The molecule has 2 aliphatic heterocycles. The van der Waals surface area contributed by atoms with E-state index in [2.05, 4.69) is 94.2 Å². The zero-order valence-electron chi connectivity index (χ0n) is 30.6. The third kappa shape index (κ3) is 7.18. The summed E-state index contributed by atoms with van der Waals surface area (Å²) in [7, 11) is 0. The number of anilines is 1. The number of carbonyl (C=O) groups excluding carboxylic acids is 1. The molecule has 3 aromatic heterocycles. The molecule has 4 N–H and O–H groups in total. The van der Waals surface area contributed by atoms with Gasteiger partial charge < -0.3 is 25.1 Å². The second kappa shape index (κ2) is 15.3. The molecule has 9 nitrogen and oxygen atoms in total. The molecule has 5 heterocycles. The first-order chi connectivity index (χ1) is 28.0. The Kier molecular flexibility index (Phi) is 9.39. The molecule has 9 heteroatoms. The van der Waals surface area contributed by atoms with E-state index >= 15 is 0 Å². The maximum atomic E-state index is 12.5. The number of aliphatic carboxylic acids is 1. The topological polar surface area (TPSA) is 133 Å². The van der Waals surface area contributed by atoms with Crippen molar-refractivity contribution in [2.75, 3.05) is 18.5 Å². The molecule has 0 unspecified atom stereocenters. The van der Waals surface area contributed by atoms with Gasteiger partial charge >= 0.3 is 5.97 Å². The fourth-order valence-corrected chi connectivity index (χ4v) is 7.38. The summed E-state index contributed by atoms with van der Waals surface area (Å²) in [5.74, 6) is -1.59. The molecule has 0 spiro atoms. The third-order valence-electron chi connectivity index (χ3n) is 9.86. The molecule has 0 saturated heterocycles. The van der Waals surface area contributed by atoms with Crippen molar-refractivity contribution in [3.63, 3.8) is 0 Å². The summed E-state index contributed by atoms with van der Waals surface area (Å²) in [6.45, 7) is -0.920. The zero-order chi connectivity index (χ0) is 38.7. The highest BCUT2D eigenvalue weighted by molar-refractivity contribution is 6.00. The molecule has 57 heavy (non-hydrogen) atoms. The van der Waals surface area contributed by atoms with E-state index in [4.69, 9.17) is 19.8 Å². The lowest BCUT2D eigenvalue weighted by Gasteiger charge is -2.08. The lowest BCUT2D eigenvalue weighted by molar-refractivity contribution is -0.143. The van der Waals surface area contributed by atoms with Crippen LogP contribution in [-0.4, -0.2) is 50.1 Å². The van der Waals surface area contributed by atoms with E-state index in [9.17, 15) is 9.59 Å². The molecule has 1 amide bonds. The lowest BCUT2D eigenvalue weighted by atomic mass is 10.0. The smallest absolute Gasteiger partial charge is 0.329 e. The van der Waals surface area contributed by atoms with E-state index in [1.54, 1.807) is 0 Å². The molecule has 7 aromatic rings. The van der Waals surface area contributed by atoms with Gasteiger partial charge in [0.05, 0.1) is 22.8 Å². The molecule has 0 fully saturated rings. The Hall–Kier alpha value is -7.62. The van der Waals surface area contributed by atoms with Crippen LogP contribution in [0.2, 0.25) is 0 Å². The van der Waals surface area contributed by atoms with Crippen molar-refractivity contribution in [1.82, 2.24) is 19.9 Å². The quantitative estimate of drug-likeness (QED) is 0.116. The van der Waals surface area contributed by atoms with Crippen molar-refractivity contribution >= 4 is 63.9 Å². The number of aromatic nitrogens is 4. The van der Waals surface area contributed by atoms with Gasteiger partial charge in [-0.15, -0.1) is 0 Å². The fourth-order valence-electron chi connectivity index (χ4n) is 7.38. The number of carboxylic acids is 1. The average Bonchev–Trinajstić information content (AvgIpc) is 4.08. The number of hydrogen-bond acceptors (Lipinski definition) is 5. The van der Waals surface area contributed by atoms with Gasteiger partial charge in [-0.25, -0.2) is 14.8 Å². The minimum absolute atomic E-state index is 0.370. The van der Waals surface area contributed by atoms with Gasteiger partial charge in [-0.3, -0.25) is 4.79 Å². The Bertz CT molecular complexity index is 2840. The minimum atomic E-state index is -1.14. The number of carboxylic acid groups (broad SMARTS) is 1. The number of carbonyl (C=O) groups is 2. The second-order valence-electron chi connectivity index (χ2n) is 13.6. The molecule has 276 valence electrons. The van der Waals surface area contributed by atoms with E-state index < -0.39 is 18.5 Å². The van der Waals surface area contributed by atoms with Crippen molar-refractivity contribution in [3.8, 4) is 44.5 Å². The minimum Gasteiger partial charge on any atom is -0.480 e. The zero-order valence-corrected chi connectivity index (χ0v) is 30.6. The van der Waals surface area contributed by atoms with E-state index in [1.807, 2.05) is 84.9 Å². The van der Waals surface area contributed by atoms with E-state index in [-0.39, 0.29) is 6.61 Å². The van der Waals surface area contributed by atoms with E-state index in [1.165, 1.54) is 0 Å². The van der Waals surface area contributed by atoms with Gasteiger partial charge in [0.25, 0.3) is 0 Å². The predicted octanol–water partition coefficient (Wildman–Crippen LogP) is 10.4. The van der Waals surface area contributed by atoms with Gasteiger partial charge in [-0.1, -0.05) is 103 Å². The van der Waals surface area contributed by atoms with Crippen LogP contribution in [0.5, 0.6) is 0 Å². The molecule has 0 radical (unpaired) electrons. The number of aromatic amines is 2. The van der Waals surface area contributed by atoms with Crippen molar-refractivity contribution in [3.05, 3.63) is 162 Å². The number of fused-ring (bicyclic) bond motifs is 8. The Morgan fingerprint density at radius 3 is 1.18 bits per heavy atom. The standard InChI is InChI=1S/C48H35N5O4/c54-43(28-57-29-44(55)56)49-34-18-16-33(17-19-34)48-41-26-24-39(52-41)46(31-12-6-2-7-13-31)37-22-20-35(50-37)45(30-10-4-1-5-11-30)36-21-23-38(51-36)47(32-14-8-3-9-15-32)40-25-27-42(48)53-40/h1-27,50,53H,28-29H2,(H,49,54)(H,55,56). The monoisotopic (exact) mass is 745 g/mol. The largest absolute Gasteiger partial charge is 0.480 e. The fraction of sp³-hybridized carbons (Fsp3) is 0.0417. The van der Waals surface area contributed by atoms with Crippen molar-refractivity contribution in [2.45, 2.75) is 0 Å². The number of hydrogen-bond donors (Lipinski definition) is 4. The summed E-state index contributed by atoms with van der Waals surface area (Å²) in [6.07, 6.45) is 8.27. The molecule has 0 saturated carbocycles. The van der Waals surface area contributed by atoms with Crippen LogP contribution in [-0.2, 0) is 14.3 Å². The van der Waals surface area contributed by atoms with Crippen LogP contribution >= 0.6 is 0 Å². The Morgan fingerprint density at radius 1 is 0.474 bits per heavy atom. The first-order valence-electron chi connectivity index (χ1n) is 18.5. The summed E-state index contributed by atoms with van der Waals surface area (Å²) in [5, 5.41) is 11.6. The number of benzene rings is 4. The van der Waals surface area contributed by atoms with Crippen LogP contribution in [0.15, 0.2) is 140 Å². The number of amides is 1. The lowest BCUT2D eigenvalue weighted by Crippen LogP contribution is -2.20. The number of H-pyrrole nitrogens is 2. The van der Waals surface area contributed by atoms with Crippen molar-refractivity contribution in [1.29, 1.82) is 0 Å². The summed E-state index contributed by atoms with van der Waals surface area (Å²) < 4.78 is 4.96. The molecule has 8 bridgehead atoms. The SMILES string of the molecule is O=C(O)COCC(=O)Nc1ccc(-c2c3nc(c(-c4ccccc4)c4ccc([nH]4)c(-c4ccccc4)c4nc(c(-c5ccccc5)c5ccc2[nH]5)C=C4)C=C3)cc1. The molecule has 0 aliphatic carbocycles. The Balaban J connectivity index is 1.32. The van der Waals surface area contributed by atoms with Gasteiger partial charge in [0.15, 0.2) is 0 Å². The molecule has 0 atom stereocenters. The number of nitrogens with one attached hydrogen (secondary N) is 3. The van der Waals surface area contributed by atoms with Gasteiger partial charge in [-0.2, -0.15) is 0 Å². The highest BCUT2D eigenvalue weighted by atomic mass is 16.5. The first kappa shape index (κ1) is 35.1. The normalized spacial score (nSPS) is 11.8. The molecular weight excluding hydrogens is 711 g/mol. The summed E-state index contributed by atoms with van der Waals surface area (Å²) in [5.41, 5.74) is 15.1.